The van der Waals surface area contributed by atoms with Crippen LogP contribution in [-0.4, -0.2) is 33.1 Å². The lowest BCUT2D eigenvalue weighted by molar-refractivity contribution is -0.113. The van der Waals surface area contributed by atoms with Gasteiger partial charge in [0, 0.05) is 11.3 Å². The van der Waals surface area contributed by atoms with Crippen LogP contribution in [0.25, 0.3) is 11.4 Å². The van der Waals surface area contributed by atoms with E-state index < -0.39 is 0 Å². The summed E-state index contributed by atoms with van der Waals surface area (Å²) in [6.07, 6.45) is 0. The molecule has 0 saturated heterocycles. The van der Waals surface area contributed by atoms with Crippen molar-refractivity contribution in [3.8, 4) is 17.1 Å². The van der Waals surface area contributed by atoms with Gasteiger partial charge in [0.25, 0.3) is 0 Å². The molecule has 7 nitrogen and oxygen atoms in total. The Hall–Kier alpha value is -3.00. The van der Waals surface area contributed by atoms with Crippen LogP contribution in [0.1, 0.15) is 32.3 Å². The van der Waals surface area contributed by atoms with Crippen molar-refractivity contribution in [2.24, 2.45) is 0 Å². The van der Waals surface area contributed by atoms with Crippen LogP contribution in [0.3, 0.4) is 0 Å². The standard InChI is InChI=1S/C21H25N5O2S/c1-4-28-18-10-8-15(9-11-18)20-24-25-21(26(20)22)29-13-19(27)23-17-7-5-6-16(12-17)14(2)3/h5-12,14H,4,13,22H2,1-3H3,(H,23,27). The molecule has 0 spiro atoms. The van der Waals surface area contributed by atoms with E-state index in [0.29, 0.717) is 23.5 Å². The molecule has 3 rings (SSSR count). The van der Waals surface area contributed by atoms with Gasteiger partial charge in [0.15, 0.2) is 5.82 Å². The van der Waals surface area contributed by atoms with Gasteiger partial charge in [0.2, 0.25) is 11.1 Å². The van der Waals surface area contributed by atoms with E-state index in [1.807, 2.05) is 49.4 Å². The van der Waals surface area contributed by atoms with Crippen molar-refractivity contribution < 1.29 is 9.53 Å². The normalized spacial score (nSPS) is 10.9. The molecule has 0 aliphatic rings. The molecule has 29 heavy (non-hydrogen) atoms. The van der Waals surface area contributed by atoms with E-state index in [-0.39, 0.29) is 11.7 Å². The summed E-state index contributed by atoms with van der Waals surface area (Å²) >= 11 is 1.24. The van der Waals surface area contributed by atoms with Gasteiger partial charge in [-0.25, -0.2) is 4.68 Å². The topological polar surface area (TPSA) is 95.1 Å². The number of benzene rings is 2. The molecule has 0 aliphatic heterocycles. The molecular weight excluding hydrogens is 386 g/mol. The van der Waals surface area contributed by atoms with Crippen LogP contribution in [0.15, 0.2) is 53.7 Å². The maximum atomic E-state index is 12.3. The predicted molar refractivity (Wildman–Crippen MR) is 117 cm³/mol. The highest BCUT2D eigenvalue weighted by atomic mass is 32.2. The van der Waals surface area contributed by atoms with E-state index in [4.69, 9.17) is 10.6 Å². The lowest BCUT2D eigenvalue weighted by Gasteiger charge is -2.09. The zero-order valence-corrected chi connectivity index (χ0v) is 17.6. The number of carbonyl (C=O) groups is 1. The number of hydrogen-bond acceptors (Lipinski definition) is 6. The number of anilines is 1. The van der Waals surface area contributed by atoms with Crippen molar-refractivity contribution in [2.45, 2.75) is 31.8 Å². The quantitative estimate of drug-likeness (QED) is 0.431. The Morgan fingerprint density at radius 2 is 1.97 bits per heavy atom. The van der Waals surface area contributed by atoms with E-state index >= 15 is 0 Å². The van der Waals surface area contributed by atoms with Gasteiger partial charge in [-0.1, -0.05) is 37.7 Å². The SMILES string of the molecule is CCOc1ccc(-c2nnc(SCC(=O)Nc3cccc(C(C)C)c3)n2N)cc1. The van der Waals surface area contributed by atoms with Crippen LogP contribution < -0.4 is 15.9 Å². The number of ether oxygens (including phenoxy) is 1. The Balaban J connectivity index is 1.61. The van der Waals surface area contributed by atoms with E-state index in [0.717, 1.165) is 17.0 Å². The van der Waals surface area contributed by atoms with Crippen LogP contribution in [0.5, 0.6) is 5.75 Å². The van der Waals surface area contributed by atoms with Crippen molar-refractivity contribution in [2.75, 3.05) is 23.5 Å². The summed E-state index contributed by atoms with van der Waals surface area (Å²) in [7, 11) is 0. The Kier molecular flexibility index (Phi) is 6.77. The lowest BCUT2D eigenvalue weighted by atomic mass is 10.0. The fraction of sp³-hybridized carbons (Fsp3) is 0.286. The number of carbonyl (C=O) groups excluding carboxylic acids is 1. The Morgan fingerprint density at radius 3 is 2.66 bits per heavy atom. The molecule has 2 aromatic carbocycles. The number of amides is 1. The third kappa shape index (κ3) is 5.29. The van der Waals surface area contributed by atoms with E-state index in [1.165, 1.54) is 22.0 Å². The Labute approximate surface area is 174 Å². The van der Waals surface area contributed by atoms with Gasteiger partial charge in [-0.2, -0.15) is 0 Å². The Bertz CT molecular complexity index is 969. The molecule has 152 valence electrons. The number of hydrogen-bond donors (Lipinski definition) is 2. The van der Waals surface area contributed by atoms with Crippen LogP contribution >= 0.6 is 11.8 Å². The molecule has 8 heteroatoms. The number of aromatic nitrogens is 3. The van der Waals surface area contributed by atoms with E-state index in [1.54, 1.807) is 0 Å². The molecule has 1 heterocycles. The van der Waals surface area contributed by atoms with Gasteiger partial charge in [-0.05, 0) is 54.8 Å². The van der Waals surface area contributed by atoms with Crippen LogP contribution in [0, 0.1) is 0 Å². The second-order valence-electron chi connectivity index (χ2n) is 6.75. The molecule has 3 N–H and O–H groups in total. The minimum Gasteiger partial charge on any atom is -0.494 e. The molecule has 0 atom stereocenters. The van der Waals surface area contributed by atoms with Crippen molar-refractivity contribution in [1.29, 1.82) is 0 Å². The first kappa shape index (κ1) is 20.7. The summed E-state index contributed by atoms with van der Waals surface area (Å²) in [6.45, 7) is 6.78. The van der Waals surface area contributed by atoms with Crippen molar-refractivity contribution in [3.05, 3.63) is 54.1 Å². The molecule has 0 unspecified atom stereocenters. The van der Waals surface area contributed by atoms with Gasteiger partial charge in [0.05, 0.1) is 12.4 Å². The minimum atomic E-state index is -0.124. The van der Waals surface area contributed by atoms with Crippen LogP contribution in [-0.2, 0) is 4.79 Å². The summed E-state index contributed by atoms with van der Waals surface area (Å²) in [5, 5.41) is 11.6. The highest BCUT2D eigenvalue weighted by molar-refractivity contribution is 7.99. The van der Waals surface area contributed by atoms with Gasteiger partial charge in [0.1, 0.15) is 5.75 Å². The maximum Gasteiger partial charge on any atom is 0.234 e. The zero-order valence-electron chi connectivity index (χ0n) is 16.8. The molecule has 0 radical (unpaired) electrons. The molecular formula is C21H25N5O2S. The molecule has 0 saturated carbocycles. The second-order valence-corrected chi connectivity index (χ2v) is 7.69. The molecule has 3 aromatic rings. The summed E-state index contributed by atoms with van der Waals surface area (Å²) in [4.78, 5) is 12.3. The first-order valence-corrected chi connectivity index (χ1v) is 10.4. The monoisotopic (exact) mass is 411 g/mol. The van der Waals surface area contributed by atoms with Crippen molar-refractivity contribution in [1.82, 2.24) is 14.9 Å². The summed E-state index contributed by atoms with van der Waals surface area (Å²) < 4.78 is 6.84. The number of nitrogens with two attached hydrogens (primary N) is 1. The molecule has 0 fully saturated rings. The lowest BCUT2D eigenvalue weighted by Crippen LogP contribution is -2.16. The number of nitrogens with one attached hydrogen (secondary N) is 1. The van der Waals surface area contributed by atoms with Crippen molar-refractivity contribution >= 4 is 23.4 Å². The van der Waals surface area contributed by atoms with Gasteiger partial charge >= 0.3 is 0 Å². The smallest absolute Gasteiger partial charge is 0.234 e. The van der Waals surface area contributed by atoms with Crippen LogP contribution in [0.4, 0.5) is 5.69 Å². The largest absolute Gasteiger partial charge is 0.494 e. The van der Waals surface area contributed by atoms with Gasteiger partial charge in [-0.3, -0.25) is 4.79 Å². The summed E-state index contributed by atoms with van der Waals surface area (Å²) in [6, 6.07) is 15.3. The van der Waals surface area contributed by atoms with Crippen molar-refractivity contribution in [3.63, 3.8) is 0 Å². The second kappa shape index (κ2) is 9.47. The van der Waals surface area contributed by atoms with E-state index in [2.05, 4.69) is 35.4 Å². The first-order chi connectivity index (χ1) is 14.0. The Morgan fingerprint density at radius 1 is 1.21 bits per heavy atom. The minimum absolute atomic E-state index is 0.124. The average Bonchev–Trinajstić information content (AvgIpc) is 3.08. The first-order valence-electron chi connectivity index (χ1n) is 9.44. The zero-order chi connectivity index (χ0) is 20.8. The molecule has 1 amide bonds. The predicted octanol–water partition coefficient (Wildman–Crippen LogP) is 3.91. The summed E-state index contributed by atoms with van der Waals surface area (Å²) in [5.74, 6) is 7.91. The third-order valence-electron chi connectivity index (χ3n) is 4.26. The highest BCUT2D eigenvalue weighted by Gasteiger charge is 2.14. The van der Waals surface area contributed by atoms with Gasteiger partial charge in [-0.15, -0.1) is 10.2 Å². The summed E-state index contributed by atoms with van der Waals surface area (Å²) in [5.41, 5.74) is 2.79. The van der Waals surface area contributed by atoms with Gasteiger partial charge < -0.3 is 15.9 Å². The average molecular weight is 412 g/mol. The highest BCUT2D eigenvalue weighted by Crippen LogP contribution is 2.24. The fourth-order valence-corrected chi connectivity index (χ4v) is 3.40. The molecule has 1 aromatic heterocycles. The molecule has 0 bridgehead atoms. The number of rotatable bonds is 8. The number of nitrogens with zero attached hydrogens (tertiary/aromatic N) is 3. The third-order valence-corrected chi connectivity index (χ3v) is 5.20. The number of nitrogen functional groups attached to an aromatic ring is 1. The fourth-order valence-electron chi connectivity index (χ4n) is 2.74. The number of thioether (sulfide) groups is 1. The maximum absolute atomic E-state index is 12.3. The van der Waals surface area contributed by atoms with Crippen LogP contribution in [0.2, 0.25) is 0 Å². The molecule has 0 aliphatic carbocycles. The van der Waals surface area contributed by atoms with E-state index in [9.17, 15) is 4.79 Å².